The number of hydrogen-bond acceptors (Lipinski definition) is 7. The van der Waals surface area contributed by atoms with E-state index in [-0.39, 0.29) is 16.3 Å². The lowest BCUT2D eigenvalue weighted by atomic mass is 9.79. The van der Waals surface area contributed by atoms with E-state index in [4.69, 9.17) is 25.5 Å². The molecule has 3 heterocycles. The van der Waals surface area contributed by atoms with Crippen LogP contribution in [0.2, 0.25) is 5.02 Å². The summed E-state index contributed by atoms with van der Waals surface area (Å²) in [5, 5.41) is 20.2. The van der Waals surface area contributed by atoms with Crippen molar-refractivity contribution >= 4 is 11.6 Å². The highest BCUT2D eigenvalue weighted by atomic mass is 35.5. The Balaban J connectivity index is 1.57. The van der Waals surface area contributed by atoms with Crippen molar-refractivity contribution in [2.45, 2.75) is 57.8 Å². The summed E-state index contributed by atoms with van der Waals surface area (Å²) in [7, 11) is 1.57. The van der Waals surface area contributed by atoms with Gasteiger partial charge in [-0.05, 0) is 57.0 Å². The summed E-state index contributed by atoms with van der Waals surface area (Å²) in [6.45, 7) is 5.62. The summed E-state index contributed by atoms with van der Waals surface area (Å²) in [6.07, 6.45) is 0.00509. The van der Waals surface area contributed by atoms with Crippen LogP contribution in [-0.4, -0.2) is 37.6 Å². The smallest absolute Gasteiger partial charge is 0.265 e. The van der Waals surface area contributed by atoms with Gasteiger partial charge in [-0.25, -0.2) is 13.8 Å². The predicted molar refractivity (Wildman–Crippen MR) is 136 cm³/mol. The van der Waals surface area contributed by atoms with Crippen LogP contribution < -0.4 is 9.47 Å². The van der Waals surface area contributed by atoms with Gasteiger partial charge in [0.15, 0.2) is 28.9 Å². The second kappa shape index (κ2) is 9.67. The van der Waals surface area contributed by atoms with E-state index in [0.29, 0.717) is 48.4 Å². The van der Waals surface area contributed by atoms with Gasteiger partial charge >= 0.3 is 0 Å². The summed E-state index contributed by atoms with van der Waals surface area (Å²) in [4.78, 5) is 4.16. The number of aliphatic hydroxyl groups is 1. The quantitative estimate of drug-likeness (QED) is 0.290. The number of rotatable bonds is 7. The molecular weight excluding hydrogens is 518 g/mol. The van der Waals surface area contributed by atoms with Crippen LogP contribution in [-0.2, 0) is 12.1 Å². The zero-order chi connectivity index (χ0) is 27.2. The Morgan fingerprint density at radius 3 is 2.61 bits per heavy atom. The van der Waals surface area contributed by atoms with Gasteiger partial charge in [-0.15, -0.1) is 10.2 Å². The molecule has 1 aliphatic heterocycles. The Kier molecular flexibility index (Phi) is 6.65. The highest BCUT2D eigenvalue weighted by Crippen LogP contribution is 2.46. The molecule has 1 N–H and O–H groups in total. The minimum Gasteiger partial charge on any atom is -0.496 e. The molecule has 2 aromatic heterocycles. The molecule has 1 aliphatic rings. The number of methoxy groups -OCH3 is 1. The van der Waals surface area contributed by atoms with Crippen molar-refractivity contribution < 1.29 is 27.8 Å². The average Bonchev–Trinajstić information content (AvgIpc) is 3.50. The van der Waals surface area contributed by atoms with Gasteiger partial charge < -0.3 is 23.6 Å². The van der Waals surface area contributed by atoms with E-state index in [1.807, 2.05) is 22.8 Å². The predicted octanol–water partition coefficient (Wildman–Crippen LogP) is 6.35. The molecular formula is C27H27ClF2N4O4. The van der Waals surface area contributed by atoms with Crippen molar-refractivity contribution in [3.05, 3.63) is 64.9 Å². The number of aromatic nitrogens is 4. The molecule has 1 atom stereocenters. The van der Waals surface area contributed by atoms with Gasteiger partial charge in [0.05, 0.1) is 23.9 Å². The Labute approximate surface area is 223 Å². The van der Waals surface area contributed by atoms with Crippen molar-refractivity contribution in [3.63, 3.8) is 0 Å². The number of hydrogen-bond donors (Lipinski definition) is 1. The van der Waals surface area contributed by atoms with E-state index in [2.05, 4.69) is 15.2 Å². The largest absolute Gasteiger partial charge is 0.496 e. The van der Waals surface area contributed by atoms with Crippen molar-refractivity contribution in [1.82, 2.24) is 19.7 Å². The van der Waals surface area contributed by atoms with Gasteiger partial charge in [-0.2, -0.15) is 0 Å². The van der Waals surface area contributed by atoms with Crippen molar-refractivity contribution in [2.24, 2.45) is 0 Å². The van der Waals surface area contributed by atoms with Crippen LogP contribution in [0.5, 0.6) is 11.5 Å². The molecule has 0 radical (unpaired) electrons. The summed E-state index contributed by atoms with van der Waals surface area (Å²) in [5.41, 5.74) is -1.52. The van der Waals surface area contributed by atoms with E-state index in [1.54, 1.807) is 34.1 Å². The molecule has 0 saturated heterocycles. The van der Waals surface area contributed by atoms with Crippen LogP contribution in [0.15, 0.2) is 47.0 Å². The summed E-state index contributed by atoms with van der Waals surface area (Å²) >= 11 is 6.09. The molecule has 11 heteroatoms. The van der Waals surface area contributed by atoms with Crippen LogP contribution in [0.3, 0.4) is 0 Å². The third kappa shape index (κ3) is 4.41. The van der Waals surface area contributed by atoms with Gasteiger partial charge in [0.1, 0.15) is 17.1 Å². The lowest BCUT2D eigenvalue weighted by Crippen LogP contribution is -2.55. The third-order valence-electron chi connectivity index (χ3n) is 6.86. The van der Waals surface area contributed by atoms with E-state index < -0.39 is 17.6 Å². The fraction of sp³-hybridized carbons (Fsp3) is 0.370. The first-order chi connectivity index (χ1) is 18.0. The van der Waals surface area contributed by atoms with Gasteiger partial charge in [-0.1, -0.05) is 17.7 Å². The maximum atomic E-state index is 13.2. The normalized spacial score (nSPS) is 17.5. The monoisotopic (exact) mass is 544 g/mol. The standard InChI is InChI=1S/C27H27ClF2N4O4/c1-15-31-14-22(37-15)19-8-6-16(12-21(19)36-4)24-32-33-25-27(26(2,3)35,10-5-11-34(24)25)38-17-7-9-18(23(29)30)20(28)13-17/h6-9,12-14,23,35H,5,10-11H2,1-4H3. The Hall–Kier alpha value is -3.50. The molecule has 2 aromatic carbocycles. The van der Waals surface area contributed by atoms with E-state index in [9.17, 15) is 13.9 Å². The SMILES string of the molecule is COc1cc(-c2nnc3n2CCCC3(Oc2ccc(C(F)F)c(Cl)c2)C(C)(C)O)ccc1-c1cnc(C)o1. The lowest BCUT2D eigenvalue weighted by molar-refractivity contribution is -0.137. The molecule has 0 aliphatic carbocycles. The summed E-state index contributed by atoms with van der Waals surface area (Å²) in [5.74, 6) is 2.94. The maximum Gasteiger partial charge on any atom is 0.265 e. The molecule has 5 rings (SSSR count). The van der Waals surface area contributed by atoms with Crippen LogP contribution in [0.25, 0.3) is 22.7 Å². The van der Waals surface area contributed by atoms with Gasteiger partial charge in [0.2, 0.25) is 0 Å². The number of oxazole rings is 1. The third-order valence-corrected chi connectivity index (χ3v) is 7.18. The number of benzene rings is 2. The lowest BCUT2D eigenvalue weighted by Gasteiger charge is -2.44. The van der Waals surface area contributed by atoms with E-state index >= 15 is 0 Å². The molecule has 0 bridgehead atoms. The molecule has 0 fully saturated rings. The van der Waals surface area contributed by atoms with Crippen LogP contribution >= 0.6 is 11.6 Å². The number of aryl methyl sites for hydroxylation is 1. The second-order valence-corrected chi connectivity index (χ2v) is 10.1. The highest BCUT2D eigenvalue weighted by molar-refractivity contribution is 6.31. The first kappa shape index (κ1) is 26.1. The molecule has 1 unspecified atom stereocenters. The molecule has 4 aromatic rings. The second-order valence-electron chi connectivity index (χ2n) is 9.73. The zero-order valence-corrected chi connectivity index (χ0v) is 22.1. The van der Waals surface area contributed by atoms with Crippen molar-refractivity contribution in [2.75, 3.05) is 7.11 Å². The maximum absolute atomic E-state index is 13.2. The van der Waals surface area contributed by atoms with E-state index in [1.165, 1.54) is 18.2 Å². The molecule has 200 valence electrons. The van der Waals surface area contributed by atoms with E-state index in [0.717, 1.165) is 11.1 Å². The number of ether oxygens (including phenoxy) is 2. The van der Waals surface area contributed by atoms with Crippen molar-refractivity contribution in [3.8, 4) is 34.2 Å². The Bertz CT molecular complexity index is 1480. The molecule has 8 nitrogen and oxygen atoms in total. The highest BCUT2D eigenvalue weighted by Gasteiger charge is 2.53. The number of nitrogens with zero attached hydrogens (tertiary/aromatic N) is 4. The van der Waals surface area contributed by atoms with Crippen LogP contribution in [0.1, 0.15) is 50.4 Å². The fourth-order valence-electron chi connectivity index (χ4n) is 4.90. The minimum atomic E-state index is -2.71. The first-order valence-electron chi connectivity index (χ1n) is 12.1. The first-order valence-corrected chi connectivity index (χ1v) is 12.5. The number of fused-ring (bicyclic) bond motifs is 1. The topological polar surface area (TPSA) is 95.4 Å². The molecule has 0 amide bonds. The molecule has 38 heavy (non-hydrogen) atoms. The number of halogens is 3. The number of alkyl halides is 2. The summed E-state index contributed by atoms with van der Waals surface area (Å²) in [6, 6.07) is 9.58. The minimum absolute atomic E-state index is 0.115. The Morgan fingerprint density at radius 1 is 1.18 bits per heavy atom. The van der Waals surface area contributed by atoms with Gasteiger partial charge in [0.25, 0.3) is 6.43 Å². The molecule has 0 saturated carbocycles. The van der Waals surface area contributed by atoms with Gasteiger partial charge in [0, 0.05) is 24.6 Å². The summed E-state index contributed by atoms with van der Waals surface area (Å²) < 4.78 is 46.0. The Morgan fingerprint density at radius 2 is 1.97 bits per heavy atom. The zero-order valence-electron chi connectivity index (χ0n) is 21.3. The molecule has 0 spiro atoms. The van der Waals surface area contributed by atoms with Gasteiger partial charge in [-0.3, -0.25) is 0 Å². The van der Waals surface area contributed by atoms with Crippen LogP contribution in [0, 0.1) is 6.92 Å². The van der Waals surface area contributed by atoms with Crippen LogP contribution in [0.4, 0.5) is 8.78 Å². The van der Waals surface area contributed by atoms with Crippen molar-refractivity contribution in [1.29, 1.82) is 0 Å². The average molecular weight is 545 g/mol. The fourth-order valence-corrected chi connectivity index (χ4v) is 5.15.